The summed E-state index contributed by atoms with van der Waals surface area (Å²) < 4.78 is 12.6. The van der Waals surface area contributed by atoms with Crippen LogP contribution >= 0.6 is 11.6 Å². The van der Waals surface area contributed by atoms with Gasteiger partial charge in [0.2, 0.25) is 0 Å². The van der Waals surface area contributed by atoms with Crippen molar-refractivity contribution in [2.24, 2.45) is 0 Å². The summed E-state index contributed by atoms with van der Waals surface area (Å²) in [5.41, 5.74) is 3.96. The van der Waals surface area contributed by atoms with Crippen molar-refractivity contribution in [3.8, 4) is 0 Å². The normalized spacial score (nSPS) is 9.83. The zero-order valence-corrected chi connectivity index (χ0v) is 6.51. The number of nitrogens with two attached hydrogens (primary N) is 1. The average molecular weight is 191 g/mol. The van der Waals surface area contributed by atoms with Gasteiger partial charge in [0.25, 0.3) is 0 Å². The molecule has 0 aliphatic rings. The van der Waals surface area contributed by atoms with E-state index in [9.17, 15) is 14.5 Å². The van der Waals surface area contributed by atoms with Crippen LogP contribution < -0.4 is 5.73 Å². The lowest BCUT2D eigenvalue weighted by molar-refractivity contribution is -0.383. The molecule has 1 rings (SSSR count). The van der Waals surface area contributed by atoms with Gasteiger partial charge in [-0.1, -0.05) is 11.6 Å². The maximum Gasteiger partial charge on any atom is 0.313 e. The Kier molecular flexibility index (Phi) is 2.14. The number of hydrogen-bond acceptors (Lipinski definition) is 3. The van der Waals surface area contributed by atoms with E-state index >= 15 is 0 Å². The van der Waals surface area contributed by atoms with Gasteiger partial charge >= 0.3 is 5.69 Å². The van der Waals surface area contributed by atoms with Gasteiger partial charge in [0.05, 0.1) is 4.92 Å². The lowest BCUT2D eigenvalue weighted by Gasteiger charge is -1.99. The minimum Gasteiger partial charge on any atom is -0.391 e. The van der Waals surface area contributed by atoms with Crippen molar-refractivity contribution in [1.29, 1.82) is 0 Å². The SMILES string of the molecule is Nc1c(F)ccc(Cl)c1[N+](=O)[O-]. The highest BCUT2D eigenvalue weighted by Gasteiger charge is 2.19. The maximum absolute atomic E-state index is 12.6. The monoisotopic (exact) mass is 190 g/mol. The Labute approximate surface area is 71.9 Å². The Morgan fingerprint density at radius 3 is 2.58 bits per heavy atom. The number of anilines is 1. The van der Waals surface area contributed by atoms with Crippen LogP contribution in [0.2, 0.25) is 5.02 Å². The number of benzene rings is 1. The summed E-state index contributed by atoms with van der Waals surface area (Å²) in [5, 5.41) is 10.1. The van der Waals surface area contributed by atoms with Crippen LogP contribution in [0.1, 0.15) is 0 Å². The second-order valence-electron chi connectivity index (χ2n) is 2.05. The van der Waals surface area contributed by atoms with Crippen molar-refractivity contribution >= 4 is 23.0 Å². The Bertz CT molecular complexity index is 343. The van der Waals surface area contributed by atoms with E-state index in [0.717, 1.165) is 12.1 Å². The average Bonchev–Trinajstić information content (AvgIpc) is 1.97. The minimum atomic E-state index is -0.842. The number of hydrogen-bond donors (Lipinski definition) is 1. The smallest absolute Gasteiger partial charge is 0.313 e. The predicted octanol–water partition coefficient (Wildman–Crippen LogP) is 1.97. The van der Waals surface area contributed by atoms with Gasteiger partial charge in [-0.3, -0.25) is 10.1 Å². The Hall–Kier alpha value is -1.36. The second kappa shape index (κ2) is 2.94. The highest BCUT2D eigenvalue weighted by atomic mass is 35.5. The van der Waals surface area contributed by atoms with Gasteiger partial charge in [0, 0.05) is 0 Å². The molecule has 0 aromatic heterocycles. The highest BCUT2D eigenvalue weighted by Crippen LogP contribution is 2.31. The van der Waals surface area contributed by atoms with Gasteiger partial charge < -0.3 is 5.73 Å². The lowest BCUT2D eigenvalue weighted by atomic mass is 10.2. The molecule has 0 saturated heterocycles. The standard InChI is InChI=1S/C6H4ClFN2O2/c7-3-1-2-4(8)5(9)6(3)10(11)12/h1-2H,9H2. The molecular formula is C6H4ClFN2O2. The molecular weight excluding hydrogens is 187 g/mol. The molecule has 1 aromatic rings. The van der Waals surface area contributed by atoms with E-state index in [1.165, 1.54) is 0 Å². The van der Waals surface area contributed by atoms with Crippen LogP contribution in [-0.4, -0.2) is 4.92 Å². The van der Waals surface area contributed by atoms with Gasteiger partial charge in [0.15, 0.2) is 5.82 Å². The first-order chi connectivity index (χ1) is 5.54. The third kappa shape index (κ3) is 1.31. The molecule has 0 radical (unpaired) electrons. The van der Waals surface area contributed by atoms with Crippen LogP contribution in [0, 0.1) is 15.9 Å². The van der Waals surface area contributed by atoms with Crippen LogP contribution in [0.15, 0.2) is 12.1 Å². The zero-order chi connectivity index (χ0) is 9.30. The molecule has 0 heterocycles. The fraction of sp³-hybridized carbons (Fsp3) is 0. The molecule has 0 fully saturated rings. The van der Waals surface area contributed by atoms with Crippen molar-refractivity contribution in [2.75, 3.05) is 5.73 Å². The first-order valence-corrected chi connectivity index (χ1v) is 3.29. The van der Waals surface area contributed by atoms with Gasteiger partial charge in [0.1, 0.15) is 10.7 Å². The minimum absolute atomic E-state index is 0.168. The van der Waals surface area contributed by atoms with Crippen molar-refractivity contribution in [2.45, 2.75) is 0 Å². The van der Waals surface area contributed by atoms with E-state index in [0.29, 0.717) is 0 Å². The first-order valence-electron chi connectivity index (χ1n) is 2.92. The second-order valence-corrected chi connectivity index (χ2v) is 2.46. The molecule has 64 valence electrons. The molecule has 4 nitrogen and oxygen atoms in total. The quantitative estimate of drug-likeness (QED) is 0.418. The van der Waals surface area contributed by atoms with Crippen LogP contribution in [0.5, 0.6) is 0 Å². The number of rotatable bonds is 1. The summed E-state index contributed by atoms with van der Waals surface area (Å²) in [4.78, 5) is 9.45. The van der Waals surface area contributed by atoms with Gasteiger partial charge in [-0.05, 0) is 12.1 Å². The number of nitro benzene ring substituents is 1. The van der Waals surface area contributed by atoms with E-state index in [1.54, 1.807) is 0 Å². The largest absolute Gasteiger partial charge is 0.391 e. The molecule has 0 bridgehead atoms. The van der Waals surface area contributed by atoms with Crippen LogP contribution in [-0.2, 0) is 0 Å². The van der Waals surface area contributed by atoms with Crippen LogP contribution in [0.4, 0.5) is 15.8 Å². The summed E-state index contributed by atoms with van der Waals surface area (Å²) in [6.45, 7) is 0. The summed E-state index contributed by atoms with van der Waals surface area (Å²) >= 11 is 5.41. The molecule has 0 spiro atoms. The van der Waals surface area contributed by atoms with E-state index in [2.05, 4.69) is 0 Å². The van der Waals surface area contributed by atoms with Crippen molar-refractivity contribution in [3.63, 3.8) is 0 Å². The molecule has 0 amide bonds. The maximum atomic E-state index is 12.6. The number of nitro groups is 1. The molecule has 0 aliphatic heterocycles. The number of nitrogens with zero attached hydrogens (tertiary/aromatic N) is 1. The molecule has 0 aliphatic carbocycles. The van der Waals surface area contributed by atoms with Crippen molar-refractivity contribution in [1.82, 2.24) is 0 Å². The zero-order valence-electron chi connectivity index (χ0n) is 5.75. The lowest BCUT2D eigenvalue weighted by Crippen LogP contribution is -1.98. The molecule has 2 N–H and O–H groups in total. The fourth-order valence-electron chi connectivity index (χ4n) is 0.742. The Balaban J connectivity index is 3.43. The van der Waals surface area contributed by atoms with Gasteiger partial charge in [-0.15, -0.1) is 0 Å². The Morgan fingerprint density at radius 2 is 2.17 bits per heavy atom. The van der Waals surface area contributed by atoms with E-state index in [-0.39, 0.29) is 5.02 Å². The molecule has 12 heavy (non-hydrogen) atoms. The van der Waals surface area contributed by atoms with Crippen molar-refractivity contribution < 1.29 is 9.31 Å². The Morgan fingerprint density at radius 1 is 1.58 bits per heavy atom. The van der Waals surface area contributed by atoms with Gasteiger partial charge in [-0.25, -0.2) is 4.39 Å². The van der Waals surface area contributed by atoms with E-state index < -0.39 is 22.1 Å². The predicted molar refractivity (Wildman–Crippen MR) is 42.5 cm³/mol. The van der Waals surface area contributed by atoms with E-state index in [4.69, 9.17) is 17.3 Å². The summed E-state index contributed by atoms with van der Waals surface area (Å²) in [7, 11) is 0. The molecule has 6 heteroatoms. The first kappa shape index (κ1) is 8.73. The highest BCUT2D eigenvalue weighted by molar-refractivity contribution is 6.33. The summed E-state index contributed by atoms with van der Waals surface area (Å²) in [6, 6.07) is 2.07. The summed E-state index contributed by atoms with van der Waals surface area (Å²) in [6.07, 6.45) is 0. The number of nitrogen functional groups attached to an aromatic ring is 1. The topological polar surface area (TPSA) is 69.2 Å². The molecule has 0 saturated carbocycles. The van der Waals surface area contributed by atoms with Gasteiger partial charge in [-0.2, -0.15) is 0 Å². The summed E-state index contributed by atoms with van der Waals surface area (Å²) in [5.74, 6) is -0.842. The molecule has 0 atom stereocenters. The third-order valence-electron chi connectivity index (χ3n) is 1.30. The fourth-order valence-corrected chi connectivity index (χ4v) is 0.976. The molecule has 1 aromatic carbocycles. The van der Waals surface area contributed by atoms with Crippen molar-refractivity contribution in [3.05, 3.63) is 33.1 Å². The molecule has 0 unspecified atom stereocenters. The van der Waals surface area contributed by atoms with Crippen LogP contribution in [0.25, 0.3) is 0 Å². The number of halogens is 2. The van der Waals surface area contributed by atoms with Crippen LogP contribution in [0.3, 0.4) is 0 Å². The third-order valence-corrected chi connectivity index (χ3v) is 1.60. The van der Waals surface area contributed by atoms with E-state index in [1.807, 2.05) is 0 Å².